The standard InChI is InChI=1S/C16H22N2O/c1-11-12(2)19-15(18-11)10-17-14-9-7-6-8-13(14)16(3,4)5/h6-9,17H,10H2,1-5H3. The van der Waals surface area contributed by atoms with Gasteiger partial charge in [0.2, 0.25) is 5.89 Å². The number of hydrogen-bond acceptors (Lipinski definition) is 3. The van der Waals surface area contributed by atoms with E-state index in [9.17, 15) is 0 Å². The molecule has 0 unspecified atom stereocenters. The van der Waals surface area contributed by atoms with Crippen molar-refractivity contribution in [2.75, 3.05) is 5.32 Å². The molecule has 2 rings (SSSR count). The maximum Gasteiger partial charge on any atom is 0.213 e. The summed E-state index contributed by atoms with van der Waals surface area (Å²) in [4.78, 5) is 4.39. The summed E-state index contributed by atoms with van der Waals surface area (Å²) in [6.45, 7) is 11.2. The molecule has 0 saturated carbocycles. The van der Waals surface area contributed by atoms with Crippen molar-refractivity contribution >= 4 is 5.69 Å². The first-order valence-corrected chi connectivity index (χ1v) is 6.64. The van der Waals surface area contributed by atoms with E-state index in [4.69, 9.17) is 4.42 Å². The Labute approximate surface area is 115 Å². The van der Waals surface area contributed by atoms with Crippen LogP contribution in [0.4, 0.5) is 5.69 Å². The average molecular weight is 258 g/mol. The van der Waals surface area contributed by atoms with Gasteiger partial charge >= 0.3 is 0 Å². The third-order valence-electron chi connectivity index (χ3n) is 3.24. The third-order valence-corrected chi connectivity index (χ3v) is 3.24. The van der Waals surface area contributed by atoms with Crippen LogP contribution >= 0.6 is 0 Å². The van der Waals surface area contributed by atoms with E-state index in [1.54, 1.807) is 0 Å². The van der Waals surface area contributed by atoms with Gasteiger partial charge in [-0.15, -0.1) is 0 Å². The summed E-state index contributed by atoms with van der Waals surface area (Å²) in [6.07, 6.45) is 0. The number of aromatic nitrogens is 1. The number of benzene rings is 1. The molecule has 0 atom stereocenters. The highest BCUT2D eigenvalue weighted by molar-refractivity contribution is 5.54. The zero-order valence-electron chi connectivity index (χ0n) is 12.4. The molecule has 0 aliphatic heterocycles. The minimum Gasteiger partial charge on any atom is -0.444 e. The zero-order valence-corrected chi connectivity index (χ0v) is 12.4. The molecule has 0 aliphatic rings. The molecule has 3 heteroatoms. The Kier molecular flexibility index (Phi) is 3.65. The quantitative estimate of drug-likeness (QED) is 0.896. The Hall–Kier alpha value is -1.77. The highest BCUT2D eigenvalue weighted by Crippen LogP contribution is 2.29. The molecular weight excluding hydrogens is 236 g/mol. The fourth-order valence-corrected chi connectivity index (χ4v) is 2.08. The number of nitrogens with one attached hydrogen (secondary N) is 1. The molecule has 0 spiro atoms. The van der Waals surface area contributed by atoms with Gasteiger partial charge in [0.05, 0.1) is 12.2 Å². The molecule has 0 radical (unpaired) electrons. The lowest BCUT2D eigenvalue weighted by atomic mass is 9.86. The summed E-state index contributed by atoms with van der Waals surface area (Å²) < 4.78 is 5.59. The zero-order chi connectivity index (χ0) is 14.0. The van der Waals surface area contributed by atoms with E-state index < -0.39 is 0 Å². The average Bonchev–Trinajstić information content (AvgIpc) is 2.65. The van der Waals surface area contributed by atoms with Crippen LogP contribution in [0.5, 0.6) is 0 Å². The minimum absolute atomic E-state index is 0.117. The summed E-state index contributed by atoms with van der Waals surface area (Å²) >= 11 is 0. The SMILES string of the molecule is Cc1nc(CNc2ccccc2C(C)(C)C)oc1C. The number of aryl methyl sites for hydroxylation is 2. The molecular formula is C16H22N2O. The molecule has 2 aromatic rings. The number of oxazole rings is 1. The van der Waals surface area contributed by atoms with Gasteiger partial charge < -0.3 is 9.73 Å². The van der Waals surface area contributed by atoms with Crippen LogP contribution in [-0.2, 0) is 12.0 Å². The molecule has 1 N–H and O–H groups in total. The van der Waals surface area contributed by atoms with Gasteiger partial charge in [0, 0.05) is 5.69 Å². The Balaban J connectivity index is 2.16. The predicted octanol–water partition coefficient (Wildman–Crippen LogP) is 4.20. The van der Waals surface area contributed by atoms with Crippen LogP contribution in [0.15, 0.2) is 28.7 Å². The monoisotopic (exact) mass is 258 g/mol. The van der Waals surface area contributed by atoms with Crippen molar-refractivity contribution in [3.05, 3.63) is 47.2 Å². The van der Waals surface area contributed by atoms with Crippen LogP contribution in [0.1, 0.15) is 43.7 Å². The number of nitrogens with zero attached hydrogens (tertiary/aromatic N) is 1. The lowest BCUT2D eigenvalue weighted by Crippen LogP contribution is -2.14. The molecule has 0 saturated heterocycles. The number of para-hydroxylation sites is 1. The van der Waals surface area contributed by atoms with E-state index in [1.165, 1.54) is 5.56 Å². The second kappa shape index (κ2) is 5.08. The van der Waals surface area contributed by atoms with E-state index in [0.717, 1.165) is 23.0 Å². The second-order valence-electron chi connectivity index (χ2n) is 5.90. The second-order valence-corrected chi connectivity index (χ2v) is 5.90. The summed E-state index contributed by atoms with van der Waals surface area (Å²) in [5, 5.41) is 3.42. The summed E-state index contributed by atoms with van der Waals surface area (Å²) in [6, 6.07) is 8.38. The van der Waals surface area contributed by atoms with Crippen LogP contribution in [0.2, 0.25) is 0 Å². The predicted molar refractivity (Wildman–Crippen MR) is 78.4 cm³/mol. The molecule has 0 fully saturated rings. The largest absolute Gasteiger partial charge is 0.444 e. The summed E-state index contributed by atoms with van der Waals surface area (Å²) in [5.74, 6) is 1.62. The molecule has 1 heterocycles. The van der Waals surface area contributed by atoms with E-state index in [-0.39, 0.29) is 5.41 Å². The van der Waals surface area contributed by atoms with Gasteiger partial charge in [-0.05, 0) is 30.9 Å². The van der Waals surface area contributed by atoms with Crippen LogP contribution in [0.25, 0.3) is 0 Å². The van der Waals surface area contributed by atoms with Crippen molar-refractivity contribution in [2.24, 2.45) is 0 Å². The molecule has 1 aromatic heterocycles. The number of anilines is 1. The van der Waals surface area contributed by atoms with Gasteiger partial charge in [-0.25, -0.2) is 4.98 Å². The van der Waals surface area contributed by atoms with Crippen LogP contribution in [-0.4, -0.2) is 4.98 Å². The molecule has 0 amide bonds. The Morgan fingerprint density at radius 3 is 2.42 bits per heavy atom. The summed E-state index contributed by atoms with van der Waals surface area (Å²) in [7, 11) is 0. The van der Waals surface area contributed by atoms with Crippen LogP contribution < -0.4 is 5.32 Å². The fraction of sp³-hybridized carbons (Fsp3) is 0.438. The Bertz CT molecular complexity index is 545. The van der Waals surface area contributed by atoms with Gasteiger partial charge in [0.25, 0.3) is 0 Å². The Morgan fingerprint density at radius 2 is 1.84 bits per heavy atom. The first-order valence-electron chi connectivity index (χ1n) is 6.64. The van der Waals surface area contributed by atoms with Crippen molar-refractivity contribution in [1.82, 2.24) is 4.98 Å². The summed E-state index contributed by atoms with van der Waals surface area (Å²) in [5.41, 5.74) is 3.52. The molecule has 0 bridgehead atoms. The van der Waals surface area contributed by atoms with E-state index in [1.807, 2.05) is 19.9 Å². The Morgan fingerprint density at radius 1 is 1.16 bits per heavy atom. The maximum absolute atomic E-state index is 5.59. The maximum atomic E-state index is 5.59. The topological polar surface area (TPSA) is 38.1 Å². The van der Waals surface area contributed by atoms with Gasteiger partial charge in [0.1, 0.15) is 5.76 Å². The molecule has 1 aromatic carbocycles. The third kappa shape index (κ3) is 3.16. The van der Waals surface area contributed by atoms with Crippen LogP contribution in [0.3, 0.4) is 0 Å². The lowest BCUT2D eigenvalue weighted by molar-refractivity contribution is 0.478. The van der Waals surface area contributed by atoms with Gasteiger partial charge in [0.15, 0.2) is 0 Å². The fourth-order valence-electron chi connectivity index (χ4n) is 2.08. The van der Waals surface area contributed by atoms with Crippen molar-refractivity contribution < 1.29 is 4.42 Å². The van der Waals surface area contributed by atoms with E-state index >= 15 is 0 Å². The van der Waals surface area contributed by atoms with E-state index in [0.29, 0.717) is 6.54 Å². The van der Waals surface area contributed by atoms with Crippen molar-refractivity contribution in [1.29, 1.82) is 0 Å². The lowest BCUT2D eigenvalue weighted by Gasteiger charge is -2.23. The van der Waals surface area contributed by atoms with E-state index in [2.05, 4.69) is 49.3 Å². The first kappa shape index (κ1) is 13.7. The van der Waals surface area contributed by atoms with Gasteiger partial charge in [-0.1, -0.05) is 39.0 Å². The first-order chi connectivity index (χ1) is 8.88. The number of rotatable bonds is 3. The van der Waals surface area contributed by atoms with Crippen molar-refractivity contribution in [2.45, 2.75) is 46.6 Å². The molecule has 19 heavy (non-hydrogen) atoms. The minimum atomic E-state index is 0.117. The highest BCUT2D eigenvalue weighted by atomic mass is 16.4. The van der Waals surface area contributed by atoms with Gasteiger partial charge in [-0.2, -0.15) is 0 Å². The molecule has 3 nitrogen and oxygen atoms in total. The van der Waals surface area contributed by atoms with Crippen LogP contribution in [0, 0.1) is 13.8 Å². The van der Waals surface area contributed by atoms with Crippen molar-refractivity contribution in [3.63, 3.8) is 0 Å². The molecule has 102 valence electrons. The molecule has 0 aliphatic carbocycles. The normalized spacial score (nSPS) is 11.6. The smallest absolute Gasteiger partial charge is 0.213 e. The number of hydrogen-bond donors (Lipinski definition) is 1. The highest BCUT2D eigenvalue weighted by Gasteiger charge is 2.17. The van der Waals surface area contributed by atoms with Gasteiger partial charge in [-0.3, -0.25) is 0 Å². The van der Waals surface area contributed by atoms with Crippen molar-refractivity contribution in [3.8, 4) is 0 Å².